The number of rotatable bonds is 4. The summed E-state index contributed by atoms with van der Waals surface area (Å²) in [5, 5.41) is 3.39. The molecule has 0 fully saturated rings. The van der Waals surface area contributed by atoms with E-state index in [1.165, 1.54) is 0 Å². The number of halogens is 1. The molecule has 0 unspecified atom stereocenters. The number of benzene rings is 1. The van der Waals surface area contributed by atoms with Crippen molar-refractivity contribution in [2.24, 2.45) is 0 Å². The summed E-state index contributed by atoms with van der Waals surface area (Å²) < 4.78 is 11.3. The van der Waals surface area contributed by atoms with Crippen LogP contribution in [0.1, 0.15) is 23.0 Å². The summed E-state index contributed by atoms with van der Waals surface area (Å²) in [6.07, 6.45) is 0. The van der Waals surface area contributed by atoms with E-state index >= 15 is 0 Å². The molecule has 20 heavy (non-hydrogen) atoms. The van der Waals surface area contributed by atoms with Crippen LogP contribution < -0.4 is 5.32 Å². The van der Waals surface area contributed by atoms with Crippen molar-refractivity contribution < 1.29 is 18.7 Å². The molecule has 0 saturated heterocycles. The monoisotopic (exact) mass is 339 g/mol. The summed E-state index contributed by atoms with van der Waals surface area (Å²) in [5.74, 6) is -0.846. The first-order valence-electron chi connectivity index (χ1n) is 6.15. The second-order valence-electron chi connectivity index (χ2n) is 4.23. The van der Waals surface area contributed by atoms with Crippen LogP contribution in [0.4, 0.5) is 0 Å². The summed E-state index contributed by atoms with van der Waals surface area (Å²) in [6.45, 7) is 3.75. The Labute approximate surface area is 124 Å². The molecule has 0 bridgehead atoms. The van der Waals surface area contributed by atoms with Crippen molar-refractivity contribution in [1.29, 1.82) is 0 Å². The first-order chi connectivity index (χ1) is 9.52. The predicted octanol–water partition coefficient (Wildman–Crippen LogP) is 2.80. The lowest BCUT2D eigenvalue weighted by molar-refractivity contribution is -0.124. The van der Waals surface area contributed by atoms with Crippen molar-refractivity contribution in [1.82, 2.24) is 5.32 Å². The Morgan fingerprint density at radius 1 is 1.40 bits per heavy atom. The minimum Gasteiger partial charge on any atom is -0.450 e. The SMILES string of the molecule is CCNC(=O)COC(=O)c1oc2ccc(Br)cc2c1C. The lowest BCUT2D eigenvalue weighted by Crippen LogP contribution is -2.28. The minimum absolute atomic E-state index is 0.127. The van der Waals surface area contributed by atoms with Gasteiger partial charge in [-0.1, -0.05) is 15.9 Å². The molecule has 1 aromatic heterocycles. The first-order valence-corrected chi connectivity index (χ1v) is 6.94. The summed E-state index contributed by atoms with van der Waals surface area (Å²) >= 11 is 3.37. The number of likely N-dealkylation sites (N-methyl/N-ethyl adjacent to an activating group) is 1. The number of nitrogens with one attached hydrogen (secondary N) is 1. The fraction of sp³-hybridized carbons (Fsp3) is 0.286. The molecular formula is C14H14BrNO4. The predicted molar refractivity (Wildman–Crippen MR) is 77.6 cm³/mol. The van der Waals surface area contributed by atoms with Crippen LogP contribution in [0.15, 0.2) is 27.1 Å². The summed E-state index contributed by atoms with van der Waals surface area (Å²) in [7, 11) is 0. The number of carbonyl (C=O) groups excluding carboxylic acids is 2. The van der Waals surface area contributed by atoms with Gasteiger partial charge in [-0.05, 0) is 32.0 Å². The standard InChI is InChI=1S/C14H14BrNO4/c1-3-16-12(17)7-19-14(18)13-8(2)10-6-9(15)4-5-11(10)20-13/h4-6H,3,7H2,1-2H3,(H,16,17). The summed E-state index contributed by atoms with van der Waals surface area (Å²) in [4.78, 5) is 23.2. The van der Waals surface area contributed by atoms with Gasteiger partial charge in [-0.2, -0.15) is 0 Å². The van der Waals surface area contributed by atoms with Crippen molar-refractivity contribution in [2.45, 2.75) is 13.8 Å². The van der Waals surface area contributed by atoms with Crippen molar-refractivity contribution in [3.8, 4) is 0 Å². The van der Waals surface area contributed by atoms with Crippen LogP contribution in [-0.4, -0.2) is 25.0 Å². The van der Waals surface area contributed by atoms with E-state index in [1.807, 2.05) is 12.1 Å². The Balaban J connectivity index is 2.18. The molecule has 2 aromatic rings. The van der Waals surface area contributed by atoms with Gasteiger partial charge in [-0.3, -0.25) is 4.79 Å². The van der Waals surface area contributed by atoms with Gasteiger partial charge in [0.2, 0.25) is 5.76 Å². The van der Waals surface area contributed by atoms with E-state index in [9.17, 15) is 9.59 Å². The average Bonchev–Trinajstić information content (AvgIpc) is 2.74. The third-order valence-corrected chi connectivity index (χ3v) is 3.29. The topological polar surface area (TPSA) is 68.5 Å². The van der Waals surface area contributed by atoms with Crippen LogP contribution in [0.2, 0.25) is 0 Å². The van der Waals surface area contributed by atoms with Crippen LogP contribution in [0.3, 0.4) is 0 Å². The molecule has 0 atom stereocenters. The number of hydrogen-bond acceptors (Lipinski definition) is 4. The lowest BCUT2D eigenvalue weighted by atomic mass is 10.1. The van der Waals surface area contributed by atoms with E-state index in [1.54, 1.807) is 19.9 Å². The van der Waals surface area contributed by atoms with Crippen molar-refractivity contribution in [2.75, 3.05) is 13.2 Å². The molecule has 0 aliphatic rings. The number of esters is 1. The van der Waals surface area contributed by atoms with E-state index in [-0.39, 0.29) is 18.3 Å². The van der Waals surface area contributed by atoms with Gasteiger partial charge in [0.15, 0.2) is 6.61 Å². The number of amides is 1. The maximum Gasteiger partial charge on any atom is 0.375 e. The van der Waals surface area contributed by atoms with Crippen LogP contribution in [0.25, 0.3) is 11.0 Å². The van der Waals surface area contributed by atoms with Gasteiger partial charge in [0.1, 0.15) is 5.58 Å². The number of furan rings is 1. The average molecular weight is 340 g/mol. The molecule has 1 amide bonds. The Morgan fingerprint density at radius 3 is 2.85 bits per heavy atom. The molecule has 2 rings (SSSR count). The highest BCUT2D eigenvalue weighted by Crippen LogP contribution is 2.28. The van der Waals surface area contributed by atoms with Gasteiger partial charge in [0, 0.05) is 22.0 Å². The van der Waals surface area contributed by atoms with Gasteiger partial charge in [0.25, 0.3) is 5.91 Å². The number of hydrogen-bond donors (Lipinski definition) is 1. The zero-order valence-electron chi connectivity index (χ0n) is 11.2. The molecular weight excluding hydrogens is 326 g/mol. The second kappa shape index (κ2) is 6.09. The van der Waals surface area contributed by atoms with E-state index < -0.39 is 5.97 Å². The third-order valence-electron chi connectivity index (χ3n) is 2.79. The number of carbonyl (C=O) groups is 2. The van der Waals surface area contributed by atoms with Gasteiger partial charge < -0.3 is 14.5 Å². The Morgan fingerprint density at radius 2 is 2.15 bits per heavy atom. The highest BCUT2D eigenvalue weighted by Gasteiger charge is 2.19. The van der Waals surface area contributed by atoms with Gasteiger partial charge in [0.05, 0.1) is 0 Å². The van der Waals surface area contributed by atoms with Crippen molar-refractivity contribution >= 4 is 38.8 Å². The van der Waals surface area contributed by atoms with Crippen LogP contribution in [0.5, 0.6) is 0 Å². The van der Waals surface area contributed by atoms with Crippen LogP contribution >= 0.6 is 15.9 Å². The second-order valence-corrected chi connectivity index (χ2v) is 5.14. The van der Waals surface area contributed by atoms with Gasteiger partial charge >= 0.3 is 5.97 Å². The highest BCUT2D eigenvalue weighted by molar-refractivity contribution is 9.10. The largest absolute Gasteiger partial charge is 0.450 e. The number of aryl methyl sites for hydroxylation is 1. The molecule has 1 heterocycles. The van der Waals surface area contributed by atoms with E-state index in [0.29, 0.717) is 17.7 Å². The molecule has 0 spiro atoms. The number of ether oxygens (including phenoxy) is 1. The summed E-state index contributed by atoms with van der Waals surface area (Å²) in [6, 6.07) is 5.47. The quantitative estimate of drug-likeness (QED) is 0.869. The Hall–Kier alpha value is -1.82. The first kappa shape index (κ1) is 14.6. The molecule has 5 nitrogen and oxygen atoms in total. The molecule has 0 aliphatic carbocycles. The normalized spacial score (nSPS) is 10.6. The Bertz CT molecular complexity index is 662. The smallest absolute Gasteiger partial charge is 0.375 e. The molecule has 6 heteroatoms. The zero-order chi connectivity index (χ0) is 14.7. The molecule has 106 valence electrons. The lowest BCUT2D eigenvalue weighted by Gasteiger charge is -2.03. The third kappa shape index (κ3) is 3.01. The minimum atomic E-state index is -0.638. The van der Waals surface area contributed by atoms with Gasteiger partial charge in [-0.15, -0.1) is 0 Å². The van der Waals surface area contributed by atoms with Crippen molar-refractivity contribution in [3.63, 3.8) is 0 Å². The summed E-state index contributed by atoms with van der Waals surface area (Å²) in [5.41, 5.74) is 1.30. The highest BCUT2D eigenvalue weighted by atomic mass is 79.9. The van der Waals surface area contributed by atoms with E-state index in [4.69, 9.17) is 9.15 Å². The van der Waals surface area contributed by atoms with Crippen LogP contribution in [0, 0.1) is 6.92 Å². The van der Waals surface area contributed by atoms with E-state index in [0.717, 1.165) is 9.86 Å². The molecule has 1 aromatic carbocycles. The van der Waals surface area contributed by atoms with Crippen molar-refractivity contribution in [3.05, 3.63) is 34.0 Å². The fourth-order valence-electron chi connectivity index (χ4n) is 1.83. The maximum atomic E-state index is 11.9. The fourth-order valence-corrected chi connectivity index (χ4v) is 2.19. The number of fused-ring (bicyclic) bond motifs is 1. The van der Waals surface area contributed by atoms with Gasteiger partial charge in [-0.25, -0.2) is 4.79 Å². The van der Waals surface area contributed by atoms with Crippen LogP contribution in [-0.2, 0) is 9.53 Å². The zero-order valence-corrected chi connectivity index (χ0v) is 12.7. The molecule has 0 aliphatic heterocycles. The van der Waals surface area contributed by atoms with E-state index in [2.05, 4.69) is 21.2 Å². The molecule has 1 N–H and O–H groups in total. The molecule has 0 radical (unpaired) electrons. The Kier molecular flexibility index (Phi) is 4.44. The molecule has 0 saturated carbocycles. The maximum absolute atomic E-state index is 11.9.